The minimum Gasteiger partial charge on any atom is -0.496 e. The Kier molecular flexibility index (Phi) is 17.6. The fourth-order valence-electron chi connectivity index (χ4n) is 4.86. The number of aliphatic carboxylic acids is 1. The molecule has 5 rings (SSSR count). The van der Waals surface area contributed by atoms with Crippen molar-refractivity contribution in [3.05, 3.63) is 134 Å². The molecular weight excluding hydrogens is 795 g/mol. The molecule has 0 unspecified atom stereocenters. The molecule has 12 nitrogen and oxygen atoms in total. The van der Waals surface area contributed by atoms with Gasteiger partial charge in [-0.3, -0.25) is 15.2 Å². The summed E-state index contributed by atoms with van der Waals surface area (Å²) in [6.07, 6.45) is 5.33. The van der Waals surface area contributed by atoms with Crippen molar-refractivity contribution >= 4 is 72.4 Å². The van der Waals surface area contributed by atoms with Gasteiger partial charge in [0, 0.05) is 12.2 Å². The van der Waals surface area contributed by atoms with E-state index in [1.54, 1.807) is 68.8 Å². The number of nitrogens with zero attached hydrogens (tertiary/aromatic N) is 1. The van der Waals surface area contributed by atoms with E-state index >= 15 is 0 Å². The molecule has 4 aromatic carbocycles. The van der Waals surface area contributed by atoms with Crippen LogP contribution in [0.25, 0.3) is 12.2 Å². The van der Waals surface area contributed by atoms with Gasteiger partial charge in [0.2, 0.25) is 11.0 Å². The molecule has 298 valence electrons. The minimum atomic E-state index is -3.52. The molecule has 3 N–H and O–H groups in total. The van der Waals surface area contributed by atoms with Crippen molar-refractivity contribution in [1.29, 1.82) is 0 Å². The van der Waals surface area contributed by atoms with Gasteiger partial charge < -0.3 is 14.6 Å². The predicted octanol–water partition coefficient (Wildman–Crippen LogP) is 8.49. The van der Waals surface area contributed by atoms with E-state index in [9.17, 15) is 26.4 Å². The number of H-pyrrole nitrogens is 1. The summed E-state index contributed by atoms with van der Waals surface area (Å²) in [5.41, 5.74) is 4.49. The van der Waals surface area contributed by atoms with Crippen molar-refractivity contribution in [2.24, 2.45) is 0 Å². The summed E-state index contributed by atoms with van der Waals surface area (Å²) in [4.78, 5) is 22.8. The first-order chi connectivity index (χ1) is 25.6. The summed E-state index contributed by atoms with van der Waals surface area (Å²) in [6.45, 7) is 3.79. The normalized spacial score (nSPS) is 11.1. The van der Waals surface area contributed by atoms with Crippen LogP contribution in [0.3, 0.4) is 0 Å². The zero-order valence-corrected chi connectivity index (χ0v) is 32.9. The van der Waals surface area contributed by atoms with E-state index in [2.05, 4.69) is 15.5 Å². The second-order valence-electron chi connectivity index (χ2n) is 11.7. The Hall–Kier alpha value is -5.42. The van der Waals surface area contributed by atoms with Crippen molar-refractivity contribution < 1.29 is 41.0 Å². The number of carbonyl (C=O) groups excluding carboxylic acids is 1. The molecule has 56 heavy (non-hydrogen) atoms. The number of aromatic nitrogens is 2. The highest BCUT2D eigenvalue weighted by Gasteiger charge is 2.17. The zero-order valence-electron chi connectivity index (χ0n) is 29.6. The highest BCUT2D eigenvalue weighted by molar-refractivity contribution is 7.91. The number of anilines is 1. The van der Waals surface area contributed by atoms with Gasteiger partial charge in [-0.05, 0) is 108 Å². The van der Waals surface area contributed by atoms with Crippen LogP contribution in [0, 0.1) is 17.8 Å². The van der Waals surface area contributed by atoms with Crippen molar-refractivity contribution in [3.8, 4) is 11.5 Å². The lowest BCUT2D eigenvalue weighted by atomic mass is 10.1. The van der Waals surface area contributed by atoms with Gasteiger partial charge in [-0.2, -0.15) is 0 Å². The summed E-state index contributed by atoms with van der Waals surface area (Å²) in [5, 5.41) is 18.0. The molecule has 0 spiro atoms. The number of carbonyl (C=O) groups is 2. The first-order valence-corrected chi connectivity index (χ1v) is 20.5. The lowest BCUT2D eigenvalue weighted by molar-refractivity contribution is -0.131. The SMILES string of the molecule is C.C.COc1cc(CS(=O)(=O)c2ccc(/C=C/C(=O)Nc3n[nH]c(=S)s3)cc2)ccc1C.COc1cc(CS(=O)(=O)c2ccc(/C=C/C(=O)O)cc2)ccc1C. The largest absolute Gasteiger partial charge is 0.496 e. The summed E-state index contributed by atoms with van der Waals surface area (Å²) in [7, 11) is -3.91. The third-order valence-electron chi connectivity index (χ3n) is 7.65. The molecule has 0 aliphatic rings. The Balaban J connectivity index is 0.000000382. The maximum atomic E-state index is 12.7. The number of sulfone groups is 2. The van der Waals surface area contributed by atoms with Crippen LogP contribution in [0.4, 0.5) is 5.13 Å². The fraction of sp³-hybridized carbons (Fsp3) is 0.200. The van der Waals surface area contributed by atoms with Crippen molar-refractivity contribution in [2.45, 2.75) is 50.0 Å². The Morgan fingerprint density at radius 1 is 0.750 bits per heavy atom. The molecule has 5 aromatic rings. The quantitative estimate of drug-likeness (QED) is 0.0764. The van der Waals surface area contributed by atoms with E-state index in [0.29, 0.717) is 42.8 Å². The van der Waals surface area contributed by atoms with Gasteiger partial charge in [-0.1, -0.05) is 74.7 Å². The molecule has 0 saturated carbocycles. The van der Waals surface area contributed by atoms with E-state index in [4.69, 9.17) is 26.8 Å². The molecule has 0 saturated heterocycles. The first kappa shape index (κ1) is 46.7. The maximum absolute atomic E-state index is 12.7. The van der Waals surface area contributed by atoms with Crippen LogP contribution in [0.1, 0.15) is 48.2 Å². The monoisotopic (exact) mass is 839 g/mol. The number of aryl methyl sites for hydroxylation is 2. The van der Waals surface area contributed by atoms with E-state index in [-0.39, 0.29) is 42.1 Å². The van der Waals surface area contributed by atoms with Gasteiger partial charge in [0.15, 0.2) is 23.6 Å². The Bertz CT molecular complexity index is 2450. The van der Waals surface area contributed by atoms with Gasteiger partial charge in [-0.15, -0.1) is 5.10 Å². The van der Waals surface area contributed by atoms with E-state index in [0.717, 1.165) is 28.5 Å². The second kappa shape index (κ2) is 21.0. The van der Waals surface area contributed by atoms with Crippen LogP contribution < -0.4 is 14.8 Å². The Morgan fingerprint density at radius 3 is 1.55 bits per heavy atom. The molecule has 0 fully saturated rings. The number of benzene rings is 4. The number of amides is 1. The van der Waals surface area contributed by atoms with E-state index in [1.165, 1.54) is 36.4 Å². The third kappa shape index (κ3) is 13.7. The van der Waals surface area contributed by atoms with Crippen molar-refractivity contribution in [1.82, 2.24) is 10.2 Å². The second-order valence-corrected chi connectivity index (χ2v) is 17.3. The smallest absolute Gasteiger partial charge is 0.328 e. The average Bonchev–Trinajstić information content (AvgIpc) is 3.55. The lowest BCUT2D eigenvalue weighted by Crippen LogP contribution is -2.07. The molecule has 16 heteroatoms. The van der Waals surface area contributed by atoms with Crippen molar-refractivity contribution in [3.63, 3.8) is 0 Å². The number of ether oxygens (including phenoxy) is 2. The van der Waals surface area contributed by atoms with Crippen LogP contribution in [-0.4, -0.2) is 58.2 Å². The standard InChI is InChI=1S/C20H19N3O4S3.C18H18O5S.2CH4/c1-13-3-4-15(11-17(13)27-2)12-30(25,26)16-8-5-14(6-9-16)7-10-18(24)21-19-22-23-20(28)29-19;1-13-3-4-15(11-17(13)23-2)12-24(21,22)16-8-5-14(6-9-16)7-10-18(19)20;;/h3-11H,12H2,1-2H3,(H,23,28)(H,21,22,24);3-11H,12H2,1-2H3,(H,19,20);2*1H4/b2*10-7+;;. The molecule has 1 amide bonds. The van der Waals surface area contributed by atoms with E-state index in [1.807, 2.05) is 26.0 Å². The number of nitrogens with one attached hydrogen (secondary N) is 2. The number of hydrogen-bond donors (Lipinski definition) is 3. The maximum Gasteiger partial charge on any atom is 0.328 e. The number of rotatable bonds is 13. The van der Waals surface area contributed by atoms with E-state index < -0.39 is 25.6 Å². The molecule has 0 aliphatic heterocycles. The summed E-state index contributed by atoms with van der Waals surface area (Å²) in [6, 6.07) is 23.1. The number of carboxylic acids is 1. The van der Waals surface area contributed by atoms with Gasteiger partial charge in [-0.25, -0.2) is 21.6 Å². The first-order valence-electron chi connectivity index (χ1n) is 16.0. The number of methoxy groups -OCH3 is 2. The highest BCUT2D eigenvalue weighted by atomic mass is 32.2. The lowest BCUT2D eigenvalue weighted by Gasteiger charge is -2.09. The third-order valence-corrected chi connectivity index (χ3v) is 12.1. The van der Waals surface area contributed by atoms with Crippen LogP contribution in [0.15, 0.2) is 107 Å². The molecule has 0 atom stereocenters. The summed E-state index contributed by atoms with van der Waals surface area (Å²) in [5.74, 6) is -0.374. The van der Waals surface area contributed by atoms with Gasteiger partial charge in [0.05, 0.1) is 35.5 Å². The Morgan fingerprint density at radius 2 is 1.18 bits per heavy atom. The topological polar surface area (TPSA) is 182 Å². The summed E-state index contributed by atoms with van der Waals surface area (Å²) >= 11 is 6.06. The number of carboxylic acid groups (broad SMARTS) is 1. The molecule has 1 aromatic heterocycles. The molecule has 0 bridgehead atoms. The van der Waals surface area contributed by atoms with Gasteiger partial charge in [0.25, 0.3) is 0 Å². The fourth-order valence-corrected chi connectivity index (χ4v) is 8.32. The molecular formula is C40H45N3O9S4. The zero-order chi connectivity index (χ0) is 39.5. The minimum absolute atomic E-state index is 0. The Labute approximate surface area is 337 Å². The summed E-state index contributed by atoms with van der Waals surface area (Å²) < 4.78 is 61.4. The predicted molar refractivity (Wildman–Crippen MR) is 225 cm³/mol. The van der Waals surface area contributed by atoms with Crippen LogP contribution >= 0.6 is 23.6 Å². The van der Waals surface area contributed by atoms with Gasteiger partial charge in [0.1, 0.15) is 11.5 Å². The molecule has 1 heterocycles. The molecule has 0 radical (unpaired) electrons. The van der Waals surface area contributed by atoms with Crippen LogP contribution in [0.5, 0.6) is 11.5 Å². The van der Waals surface area contributed by atoms with Crippen LogP contribution in [-0.2, 0) is 40.8 Å². The van der Waals surface area contributed by atoms with Crippen molar-refractivity contribution in [2.75, 3.05) is 19.5 Å². The highest BCUT2D eigenvalue weighted by Crippen LogP contribution is 2.25. The van der Waals surface area contributed by atoms with Gasteiger partial charge >= 0.3 is 5.97 Å². The molecule has 0 aliphatic carbocycles. The average molecular weight is 840 g/mol. The van der Waals surface area contributed by atoms with Crippen LogP contribution in [0.2, 0.25) is 0 Å². The number of aromatic amines is 1. The number of hydrogen-bond acceptors (Lipinski definition) is 11.